The minimum atomic E-state index is -0.0167. The van der Waals surface area contributed by atoms with Gasteiger partial charge in [-0.3, -0.25) is 9.59 Å². The number of hydrogen-bond donors (Lipinski definition) is 0. The van der Waals surface area contributed by atoms with E-state index in [1.165, 1.54) is 0 Å². The zero-order chi connectivity index (χ0) is 11.8. The van der Waals surface area contributed by atoms with Gasteiger partial charge in [-0.1, -0.05) is 0 Å². The van der Waals surface area contributed by atoms with Gasteiger partial charge in [0.15, 0.2) is 0 Å². The molecule has 3 rings (SSSR count). The summed E-state index contributed by atoms with van der Waals surface area (Å²) in [5, 5.41) is 0. The van der Waals surface area contributed by atoms with Gasteiger partial charge in [0.25, 0.3) is 0 Å². The van der Waals surface area contributed by atoms with E-state index in [-0.39, 0.29) is 18.0 Å². The summed E-state index contributed by atoms with van der Waals surface area (Å²) in [6.07, 6.45) is 5.81. The van der Waals surface area contributed by atoms with Crippen LogP contribution in [0, 0.1) is 11.8 Å². The fourth-order valence-corrected chi connectivity index (χ4v) is 2.36. The van der Waals surface area contributed by atoms with E-state index in [1.807, 2.05) is 4.90 Å². The molecule has 0 bridgehead atoms. The quantitative estimate of drug-likeness (QED) is 0.696. The number of carbonyl (C=O) groups is 2. The zero-order valence-corrected chi connectivity index (χ0v) is 10.1. The second-order valence-electron chi connectivity index (χ2n) is 5.51. The van der Waals surface area contributed by atoms with Crippen LogP contribution in [0.1, 0.15) is 38.5 Å². The molecule has 0 aromatic rings. The molecule has 0 atom stereocenters. The molecular weight excluding hydrogens is 218 g/mol. The molecule has 4 nitrogen and oxygen atoms in total. The van der Waals surface area contributed by atoms with Crippen molar-refractivity contribution in [1.82, 2.24) is 4.90 Å². The number of nitrogens with zero attached hydrogens (tertiary/aromatic N) is 1. The van der Waals surface area contributed by atoms with Gasteiger partial charge >= 0.3 is 5.97 Å². The Hall–Kier alpha value is -1.06. The average Bonchev–Trinajstić information content (AvgIpc) is 3.20. The van der Waals surface area contributed by atoms with Crippen LogP contribution in [0.2, 0.25) is 0 Å². The molecule has 0 spiro atoms. The van der Waals surface area contributed by atoms with Crippen LogP contribution in [0.3, 0.4) is 0 Å². The Kier molecular flexibility index (Phi) is 2.81. The summed E-state index contributed by atoms with van der Waals surface area (Å²) in [6.45, 7) is 1.52. The Morgan fingerprint density at radius 1 is 0.882 bits per heavy atom. The van der Waals surface area contributed by atoms with Crippen molar-refractivity contribution < 1.29 is 14.3 Å². The first kappa shape index (κ1) is 11.1. The van der Waals surface area contributed by atoms with Crippen molar-refractivity contribution in [1.29, 1.82) is 0 Å². The summed E-state index contributed by atoms with van der Waals surface area (Å²) < 4.78 is 5.44. The van der Waals surface area contributed by atoms with Crippen LogP contribution in [0.25, 0.3) is 0 Å². The zero-order valence-electron chi connectivity index (χ0n) is 10.1. The van der Waals surface area contributed by atoms with Crippen LogP contribution in [0.15, 0.2) is 0 Å². The number of likely N-dealkylation sites (tertiary alicyclic amines) is 1. The molecule has 1 heterocycles. The van der Waals surface area contributed by atoms with E-state index in [0.29, 0.717) is 11.8 Å². The molecule has 0 radical (unpaired) electrons. The summed E-state index contributed by atoms with van der Waals surface area (Å²) in [7, 11) is 0. The Bertz CT molecular complexity index is 326. The second kappa shape index (κ2) is 4.31. The lowest BCUT2D eigenvalue weighted by molar-refractivity contribution is -0.153. The van der Waals surface area contributed by atoms with Crippen molar-refractivity contribution in [3.63, 3.8) is 0 Å². The van der Waals surface area contributed by atoms with E-state index in [1.54, 1.807) is 0 Å². The molecule has 2 saturated carbocycles. The topological polar surface area (TPSA) is 46.6 Å². The smallest absolute Gasteiger partial charge is 0.309 e. The molecule has 2 aliphatic carbocycles. The maximum absolute atomic E-state index is 11.8. The highest BCUT2D eigenvalue weighted by atomic mass is 16.5. The van der Waals surface area contributed by atoms with Crippen molar-refractivity contribution in [3.8, 4) is 0 Å². The number of piperidine rings is 1. The Balaban J connectivity index is 1.43. The van der Waals surface area contributed by atoms with E-state index in [2.05, 4.69) is 0 Å². The molecule has 3 aliphatic rings. The normalized spacial score (nSPS) is 25.8. The highest BCUT2D eigenvalue weighted by molar-refractivity contribution is 5.81. The van der Waals surface area contributed by atoms with Crippen molar-refractivity contribution in [3.05, 3.63) is 0 Å². The van der Waals surface area contributed by atoms with Gasteiger partial charge in [-0.05, 0) is 25.7 Å². The lowest BCUT2D eigenvalue weighted by Crippen LogP contribution is -2.42. The fraction of sp³-hybridized carbons (Fsp3) is 0.846. The Morgan fingerprint density at radius 2 is 1.47 bits per heavy atom. The number of amides is 1. The van der Waals surface area contributed by atoms with Gasteiger partial charge in [-0.25, -0.2) is 0 Å². The van der Waals surface area contributed by atoms with E-state index in [4.69, 9.17) is 4.74 Å². The van der Waals surface area contributed by atoms with Gasteiger partial charge in [-0.2, -0.15) is 0 Å². The first-order valence-corrected chi connectivity index (χ1v) is 6.73. The first-order valence-electron chi connectivity index (χ1n) is 6.73. The van der Waals surface area contributed by atoms with Crippen LogP contribution < -0.4 is 0 Å². The van der Waals surface area contributed by atoms with Gasteiger partial charge in [0.2, 0.25) is 5.91 Å². The Labute approximate surface area is 101 Å². The van der Waals surface area contributed by atoms with Gasteiger partial charge in [-0.15, -0.1) is 0 Å². The largest absolute Gasteiger partial charge is 0.462 e. The SMILES string of the molecule is O=C(OC1CCN(C(=O)C2CC2)CC1)C1CC1. The van der Waals surface area contributed by atoms with Gasteiger partial charge in [0.1, 0.15) is 6.10 Å². The summed E-state index contributed by atoms with van der Waals surface area (Å²) in [6, 6.07) is 0. The minimum absolute atomic E-state index is 0.0167. The molecular formula is C13H19NO3. The van der Waals surface area contributed by atoms with Crippen LogP contribution >= 0.6 is 0 Å². The van der Waals surface area contributed by atoms with Crippen molar-refractivity contribution in [2.75, 3.05) is 13.1 Å². The highest BCUT2D eigenvalue weighted by Gasteiger charge is 2.37. The van der Waals surface area contributed by atoms with Gasteiger partial charge in [0, 0.05) is 31.8 Å². The molecule has 1 saturated heterocycles. The number of carbonyl (C=O) groups excluding carboxylic acids is 2. The first-order chi connectivity index (χ1) is 8.24. The van der Waals surface area contributed by atoms with Crippen molar-refractivity contribution >= 4 is 11.9 Å². The standard InChI is InChI=1S/C13H19NO3/c15-12(9-1-2-9)14-7-5-11(6-8-14)17-13(16)10-3-4-10/h9-11H,1-8H2. The number of esters is 1. The van der Waals surface area contributed by atoms with Crippen LogP contribution in [0.5, 0.6) is 0 Å². The number of ether oxygens (including phenoxy) is 1. The molecule has 1 aliphatic heterocycles. The van der Waals surface area contributed by atoms with Crippen LogP contribution in [-0.2, 0) is 14.3 Å². The van der Waals surface area contributed by atoms with Crippen molar-refractivity contribution in [2.24, 2.45) is 11.8 Å². The minimum Gasteiger partial charge on any atom is -0.462 e. The maximum atomic E-state index is 11.8. The van der Waals surface area contributed by atoms with Gasteiger partial charge in [0.05, 0.1) is 5.92 Å². The average molecular weight is 237 g/mol. The maximum Gasteiger partial charge on any atom is 0.309 e. The van der Waals surface area contributed by atoms with E-state index < -0.39 is 0 Å². The summed E-state index contributed by atoms with van der Waals surface area (Å²) >= 11 is 0. The van der Waals surface area contributed by atoms with Crippen LogP contribution in [-0.4, -0.2) is 36.0 Å². The summed E-state index contributed by atoms with van der Waals surface area (Å²) in [4.78, 5) is 25.3. The molecule has 1 amide bonds. The monoisotopic (exact) mass is 237 g/mol. The highest BCUT2D eigenvalue weighted by Crippen LogP contribution is 2.33. The Morgan fingerprint density at radius 3 is 2.00 bits per heavy atom. The van der Waals surface area contributed by atoms with Crippen LogP contribution in [0.4, 0.5) is 0 Å². The second-order valence-corrected chi connectivity index (χ2v) is 5.51. The molecule has 94 valence electrons. The molecule has 4 heteroatoms. The van der Waals surface area contributed by atoms with E-state index >= 15 is 0 Å². The molecule has 3 fully saturated rings. The summed E-state index contributed by atoms with van der Waals surface area (Å²) in [5.74, 6) is 0.788. The lowest BCUT2D eigenvalue weighted by atomic mass is 10.1. The third kappa shape index (κ3) is 2.61. The molecule has 0 N–H and O–H groups in total. The third-order valence-corrected chi connectivity index (χ3v) is 3.87. The number of hydrogen-bond acceptors (Lipinski definition) is 3. The van der Waals surface area contributed by atoms with Crippen molar-refractivity contribution in [2.45, 2.75) is 44.6 Å². The van der Waals surface area contributed by atoms with Gasteiger partial charge < -0.3 is 9.64 Å². The molecule has 0 aromatic heterocycles. The fourth-order valence-electron chi connectivity index (χ4n) is 2.36. The molecule has 0 aromatic carbocycles. The predicted octanol–water partition coefficient (Wildman–Crippen LogP) is 1.34. The van der Waals surface area contributed by atoms with E-state index in [9.17, 15) is 9.59 Å². The lowest BCUT2D eigenvalue weighted by Gasteiger charge is -2.31. The number of rotatable bonds is 3. The summed E-state index contributed by atoms with van der Waals surface area (Å²) in [5.41, 5.74) is 0. The molecule has 0 unspecified atom stereocenters. The third-order valence-electron chi connectivity index (χ3n) is 3.87. The predicted molar refractivity (Wildman–Crippen MR) is 61.1 cm³/mol. The van der Waals surface area contributed by atoms with E-state index in [0.717, 1.165) is 51.6 Å². The molecule has 17 heavy (non-hydrogen) atoms.